The van der Waals surface area contributed by atoms with Gasteiger partial charge in [-0.2, -0.15) is 0 Å². The fourth-order valence-electron chi connectivity index (χ4n) is 3.16. The Morgan fingerprint density at radius 3 is 3.00 bits per heavy atom. The maximum Gasteiger partial charge on any atom is 0.257 e. The summed E-state index contributed by atoms with van der Waals surface area (Å²) in [4.78, 5) is 23.5. The molecule has 0 spiro atoms. The number of aromatic nitrogens is 2. The number of hydrogen-bond donors (Lipinski definition) is 1. The summed E-state index contributed by atoms with van der Waals surface area (Å²) in [5, 5.41) is 9.91. The van der Waals surface area contributed by atoms with Crippen molar-refractivity contribution >= 4 is 17.8 Å². The molecule has 1 amide bonds. The summed E-state index contributed by atoms with van der Waals surface area (Å²) in [6, 6.07) is 2.89. The lowest BCUT2D eigenvalue weighted by atomic mass is 10.0. The van der Waals surface area contributed by atoms with Crippen molar-refractivity contribution in [3.8, 4) is 11.5 Å². The van der Waals surface area contributed by atoms with E-state index in [1.54, 1.807) is 23.5 Å². The molecule has 7 nitrogen and oxygen atoms in total. The lowest BCUT2D eigenvalue weighted by molar-refractivity contribution is 0.0699. The van der Waals surface area contributed by atoms with Gasteiger partial charge in [-0.3, -0.25) is 9.79 Å². The third-order valence-electron chi connectivity index (χ3n) is 4.44. The summed E-state index contributed by atoms with van der Waals surface area (Å²) in [6.07, 6.45) is 4.22. The first-order chi connectivity index (χ1) is 11.1. The quantitative estimate of drug-likeness (QED) is 0.863. The van der Waals surface area contributed by atoms with Crippen molar-refractivity contribution in [1.82, 2.24) is 14.5 Å². The number of rotatable bonds is 1. The van der Waals surface area contributed by atoms with Crippen LogP contribution >= 0.6 is 0 Å². The molecule has 2 aliphatic rings. The average molecular weight is 312 g/mol. The average Bonchev–Trinajstić information content (AvgIpc) is 2.85. The van der Waals surface area contributed by atoms with Crippen molar-refractivity contribution in [3.05, 3.63) is 35.4 Å². The van der Waals surface area contributed by atoms with Gasteiger partial charge < -0.3 is 19.3 Å². The van der Waals surface area contributed by atoms with Crippen molar-refractivity contribution in [1.29, 1.82) is 0 Å². The molecule has 3 heterocycles. The molecule has 7 heteroatoms. The third-order valence-corrected chi connectivity index (χ3v) is 4.44. The fourth-order valence-corrected chi connectivity index (χ4v) is 3.16. The van der Waals surface area contributed by atoms with E-state index < -0.39 is 0 Å². The second-order valence-corrected chi connectivity index (χ2v) is 5.77. The minimum Gasteiger partial charge on any atom is -0.504 e. The number of carbonyl (C=O) groups excluding carboxylic acids is 1. The van der Waals surface area contributed by atoms with Crippen LogP contribution in [0.2, 0.25) is 0 Å². The summed E-state index contributed by atoms with van der Waals surface area (Å²) in [5.41, 5.74) is 2.93. The number of nitrogens with zero attached hydrogens (tertiary/aromatic N) is 4. The number of fused-ring (bicyclic) bond motifs is 3. The van der Waals surface area contributed by atoms with Gasteiger partial charge in [-0.15, -0.1) is 0 Å². The van der Waals surface area contributed by atoms with E-state index in [0.717, 1.165) is 11.4 Å². The summed E-state index contributed by atoms with van der Waals surface area (Å²) in [7, 11) is 3.41. The van der Waals surface area contributed by atoms with Gasteiger partial charge in [-0.1, -0.05) is 0 Å². The highest BCUT2D eigenvalue weighted by Gasteiger charge is 2.34. The molecule has 0 radical (unpaired) electrons. The van der Waals surface area contributed by atoms with Gasteiger partial charge in [-0.25, -0.2) is 4.98 Å². The Bertz CT molecular complexity index is 840. The molecule has 1 aromatic carbocycles. The molecule has 23 heavy (non-hydrogen) atoms. The molecule has 0 saturated carbocycles. The summed E-state index contributed by atoms with van der Waals surface area (Å²) >= 11 is 0. The molecule has 0 fully saturated rings. The number of phenols is 1. The zero-order valence-electron chi connectivity index (χ0n) is 12.9. The SMILES string of the molecule is COc1cc2c(cc1O)N=C[C@@H]1Cc3c(ncn3C)CN1C2=O. The predicted octanol–water partition coefficient (Wildman–Crippen LogP) is 1.42. The van der Waals surface area contributed by atoms with Crippen molar-refractivity contribution in [3.63, 3.8) is 0 Å². The second-order valence-electron chi connectivity index (χ2n) is 5.77. The Labute approximate surface area is 132 Å². The van der Waals surface area contributed by atoms with Gasteiger partial charge in [0.2, 0.25) is 0 Å². The van der Waals surface area contributed by atoms with Crippen molar-refractivity contribution in [2.24, 2.45) is 12.0 Å². The minimum atomic E-state index is -0.128. The maximum absolute atomic E-state index is 12.9. The lowest BCUT2D eigenvalue weighted by Crippen LogP contribution is -2.44. The third kappa shape index (κ3) is 2.00. The van der Waals surface area contributed by atoms with Crippen LogP contribution in [-0.2, 0) is 20.0 Å². The summed E-state index contributed by atoms with van der Waals surface area (Å²) in [6.45, 7) is 0.453. The Balaban J connectivity index is 1.80. The van der Waals surface area contributed by atoms with Gasteiger partial charge in [0.25, 0.3) is 5.91 Å². The van der Waals surface area contributed by atoms with E-state index in [2.05, 4.69) is 9.98 Å². The van der Waals surface area contributed by atoms with Crippen LogP contribution in [0.5, 0.6) is 11.5 Å². The normalized spacial score (nSPS) is 19.0. The lowest BCUT2D eigenvalue weighted by Gasteiger charge is -2.32. The molecular weight excluding hydrogens is 296 g/mol. The number of hydrogen-bond acceptors (Lipinski definition) is 5. The predicted molar refractivity (Wildman–Crippen MR) is 83.4 cm³/mol. The van der Waals surface area contributed by atoms with E-state index in [0.29, 0.717) is 24.2 Å². The Kier molecular flexibility index (Phi) is 2.90. The van der Waals surface area contributed by atoms with Gasteiger partial charge >= 0.3 is 0 Å². The number of imidazole rings is 1. The number of carbonyl (C=O) groups is 1. The molecule has 2 aromatic rings. The van der Waals surface area contributed by atoms with E-state index in [4.69, 9.17) is 4.74 Å². The number of aliphatic imine (C=N–C) groups is 1. The number of ether oxygens (including phenoxy) is 1. The van der Waals surface area contributed by atoms with Gasteiger partial charge in [0.15, 0.2) is 11.5 Å². The van der Waals surface area contributed by atoms with Crippen LogP contribution in [0.3, 0.4) is 0 Å². The Hall–Kier alpha value is -2.83. The number of phenolic OH excluding ortho intramolecular Hbond substituents is 1. The number of aromatic hydroxyl groups is 1. The van der Waals surface area contributed by atoms with Crippen molar-refractivity contribution in [2.75, 3.05) is 7.11 Å². The monoisotopic (exact) mass is 312 g/mol. The molecule has 2 aliphatic heterocycles. The highest BCUT2D eigenvalue weighted by molar-refractivity contribution is 6.03. The molecule has 0 unspecified atom stereocenters. The van der Waals surface area contributed by atoms with Crippen LogP contribution in [0.4, 0.5) is 5.69 Å². The Morgan fingerprint density at radius 2 is 2.22 bits per heavy atom. The van der Waals surface area contributed by atoms with Crippen LogP contribution < -0.4 is 4.74 Å². The molecule has 1 atom stereocenters. The second kappa shape index (κ2) is 4.84. The topological polar surface area (TPSA) is 80.0 Å². The smallest absolute Gasteiger partial charge is 0.257 e. The summed E-state index contributed by atoms with van der Waals surface area (Å²) < 4.78 is 7.09. The van der Waals surface area contributed by atoms with Gasteiger partial charge in [0, 0.05) is 31.4 Å². The van der Waals surface area contributed by atoms with Crippen LogP contribution in [0, 0.1) is 0 Å². The maximum atomic E-state index is 12.9. The van der Waals surface area contributed by atoms with Crippen LogP contribution in [0.1, 0.15) is 21.7 Å². The van der Waals surface area contributed by atoms with Gasteiger partial charge in [0.1, 0.15) is 0 Å². The standard InChI is InChI=1S/C16H16N4O3/c1-19-8-18-12-7-20-9(3-13(12)19)6-17-11-5-14(21)15(23-2)4-10(11)16(20)22/h4-6,8-9,21H,3,7H2,1-2H3/t9-/m0/s1. The molecule has 4 rings (SSSR count). The first-order valence-electron chi connectivity index (χ1n) is 7.33. The largest absolute Gasteiger partial charge is 0.504 e. The number of methoxy groups -OCH3 is 1. The van der Waals surface area contributed by atoms with Gasteiger partial charge in [-0.05, 0) is 6.07 Å². The number of aryl methyl sites for hydroxylation is 1. The molecular formula is C16H16N4O3. The first-order valence-corrected chi connectivity index (χ1v) is 7.33. The molecule has 1 aromatic heterocycles. The van der Waals surface area contributed by atoms with Crippen LogP contribution in [-0.4, -0.2) is 44.8 Å². The van der Waals surface area contributed by atoms with E-state index in [-0.39, 0.29) is 23.4 Å². The van der Waals surface area contributed by atoms with Crippen LogP contribution in [0.15, 0.2) is 23.5 Å². The Morgan fingerprint density at radius 1 is 1.39 bits per heavy atom. The highest BCUT2D eigenvalue weighted by Crippen LogP contribution is 2.37. The first kappa shape index (κ1) is 13.8. The molecule has 0 aliphatic carbocycles. The molecule has 0 saturated heterocycles. The molecule has 118 valence electrons. The van der Waals surface area contributed by atoms with E-state index in [9.17, 15) is 9.90 Å². The van der Waals surface area contributed by atoms with E-state index >= 15 is 0 Å². The highest BCUT2D eigenvalue weighted by atomic mass is 16.5. The number of benzene rings is 1. The summed E-state index contributed by atoms with van der Waals surface area (Å²) in [5.74, 6) is 0.111. The zero-order chi connectivity index (χ0) is 16.1. The number of amides is 1. The zero-order valence-corrected chi connectivity index (χ0v) is 12.9. The van der Waals surface area contributed by atoms with E-state index in [1.807, 2.05) is 11.6 Å². The molecule has 1 N–H and O–H groups in total. The van der Waals surface area contributed by atoms with Crippen molar-refractivity contribution in [2.45, 2.75) is 19.0 Å². The molecule has 0 bridgehead atoms. The van der Waals surface area contributed by atoms with Gasteiger partial charge in [0.05, 0.1) is 43.0 Å². The van der Waals surface area contributed by atoms with Crippen molar-refractivity contribution < 1.29 is 14.6 Å². The minimum absolute atomic E-state index is 0.0268. The van der Waals surface area contributed by atoms with E-state index in [1.165, 1.54) is 13.2 Å². The van der Waals surface area contributed by atoms with Crippen LogP contribution in [0.25, 0.3) is 0 Å². The fraction of sp³-hybridized carbons (Fsp3) is 0.312.